The number of halogens is 4. The molecular weight excluding hydrogens is 390 g/mol. The number of nitrogens with zero attached hydrogens (tertiary/aromatic N) is 2. The van der Waals surface area contributed by atoms with E-state index in [9.17, 15) is 31.1 Å². The fourth-order valence-electron chi connectivity index (χ4n) is 2.57. The van der Waals surface area contributed by atoms with Gasteiger partial charge in [0.25, 0.3) is 5.72 Å². The van der Waals surface area contributed by atoms with E-state index in [0.29, 0.717) is 0 Å². The molecule has 27 heavy (non-hydrogen) atoms. The third kappa shape index (κ3) is 3.66. The Bertz CT molecular complexity index is 989. The average molecular weight is 403 g/mol. The van der Waals surface area contributed by atoms with Crippen molar-refractivity contribution in [3.05, 3.63) is 59.9 Å². The highest BCUT2D eigenvalue weighted by atomic mass is 32.2. The summed E-state index contributed by atoms with van der Waals surface area (Å²) in [6.45, 7) is -0.946. The molecule has 1 unspecified atom stereocenters. The summed E-state index contributed by atoms with van der Waals surface area (Å²) in [5.74, 6) is -0.828. The molecule has 0 saturated carbocycles. The van der Waals surface area contributed by atoms with Crippen LogP contribution in [0.15, 0.2) is 58.4 Å². The van der Waals surface area contributed by atoms with Crippen LogP contribution in [-0.2, 0) is 10.0 Å². The van der Waals surface area contributed by atoms with Gasteiger partial charge in [0.15, 0.2) is 0 Å². The van der Waals surface area contributed by atoms with Crippen molar-refractivity contribution < 1.29 is 31.1 Å². The maximum atomic E-state index is 13.3. The van der Waals surface area contributed by atoms with Crippen LogP contribution in [0.1, 0.15) is 5.56 Å². The van der Waals surface area contributed by atoms with Crippen molar-refractivity contribution >= 4 is 21.5 Å². The zero-order valence-electron chi connectivity index (χ0n) is 13.5. The molecule has 0 saturated heterocycles. The largest absolute Gasteiger partial charge is 0.440 e. The SMILES string of the molecule is NS(=O)(=O)c1ccc(N2CC(O)(C(F)(F)F)N=C2c2ccc(F)cc2)cc1. The number of benzene rings is 2. The first-order chi connectivity index (χ1) is 12.4. The third-order valence-electron chi connectivity index (χ3n) is 3.96. The van der Waals surface area contributed by atoms with Gasteiger partial charge in [-0.3, -0.25) is 0 Å². The summed E-state index contributed by atoms with van der Waals surface area (Å²) in [6.07, 6.45) is -5.05. The van der Waals surface area contributed by atoms with Crippen LogP contribution < -0.4 is 10.0 Å². The standard InChI is InChI=1S/C16H13F4N3O3S/c17-11-3-1-10(2-4-11)14-22-15(24,16(18,19)20)9-23(14)12-5-7-13(8-6-12)27(21,25)26/h1-8,24H,9H2,(H2,21,25,26). The first-order valence-electron chi connectivity index (χ1n) is 7.46. The van der Waals surface area contributed by atoms with Crippen molar-refractivity contribution in [2.45, 2.75) is 16.8 Å². The van der Waals surface area contributed by atoms with Crippen LogP contribution in [-0.4, -0.2) is 37.8 Å². The van der Waals surface area contributed by atoms with E-state index in [0.717, 1.165) is 29.2 Å². The number of primary sulfonamides is 1. The van der Waals surface area contributed by atoms with Gasteiger partial charge in [-0.2, -0.15) is 13.2 Å². The first-order valence-corrected chi connectivity index (χ1v) is 9.01. The summed E-state index contributed by atoms with van der Waals surface area (Å²) in [5, 5.41) is 15.0. The summed E-state index contributed by atoms with van der Waals surface area (Å²) in [4.78, 5) is 4.27. The molecule has 0 fully saturated rings. The molecule has 6 nitrogen and oxygen atoms in total. The monoisotopic (exact) mass is 403 g/mol. The number of anilines is 1. The topological polar surface area (TPSA) is 96.0 Å². The van der Waals surface area contributed by atoms with Crippen molar-refractivity contribution in [1.29, 1.82) is 0 Å². The minimum Gasteiger partial charge on any atom is -0.361 e. The first kappa shape index (κ1) is 19.3. The second-order valence-electron chi connectivity index (χ2n) is 5.88. The Labute approximate surface area is 151 Å². The quantitative estimate of drug-likeness (QED) is 0.767. The van der Waals surface area contributed by atoms with Gasteiger partial charge in [0.05, 0.1) is 11.4 Å². The lowest BCUT2D eigenvalue weighted by molar-refractivity contribution is -0.249. The molecule has 0 aromatic heterocycles. The van der Waals surface area contributed by atoms with Crippen molar-refractivity contribution in [3.8, 4) is 0 Å². The summed E-state index contributed by atoms with van der Waals surface area (Å²) < 4.78 is 75.6. The van der Waals surface area contributed by atoms with E-state index in [1.807, 2.05) is 0 Å². The molecule has 1 aliphatic heterocycles. The number of aliphatic hydroxyl groups is 1. The second-order valence-corrected chi connectivity index (χ2v) is 7.44. The van der Waals surface area contributed by atoms with Crippen LogP contribution in [0.2, 0.25) is 0 Å². The lowest BCUT2D eigenvalue weighted by atomic mass is 10.1. The second kappa shape index (κ2) is 6.29. The number of hydrogen-bond acceptors (Lipinski definition) is 5. The highest BCUT2D eigenvalue weighted by Gasteiger charge is 2.58. The predicted molar refractivity (Wildman–Crippen MR) is 89.1 cm³/mol. The van der Waals surface area contributed by atoms with E-state index in [1.165, 1.54) is 24.3 Å². The van der Waals surface area contributed by atoms with Gasteiger partial charge in [-0.05, 0) is 48.5 Å². The van der Waals surface area contributed by atoms with Gasteiger partial charge in [0, 0.05) is 11.3 Å². The van der Waals surface area contributed by atoms with Crippen LogP contribution in [0, 0.1) is 5.82 Å². The molecule has 144 valence electrons. The highest BCUT2D eigenvalue weighted by molar-refractivity contribution is 7.89. The minimum atomic E-state index is -5.05. The van der Waals surface area contributed by atoms with Gasteiger partial charge < -0.3 is 10.0 Å². The number of sulfonamides is 1. The van der Waals surface area contributed by atoms with Crippen molar-refractivity contribution in [2.24, 2.45) is 10.1 Å². The zero-order valence-corrected chi connectivity index (χ0v) is 14.3. The number of alkyl halides is 3. The summed E-state index contributed by atoms with van der Waals surface area (Å²) in [5.41, 5.74) is -3.08. The number of hydrogen-bond donors (Lipinski definition) is 2. The molecule has 0 aliphatic carbocycles. The smallest absolute Gasteiger partial charge is 0.361 e. The van der Waals surface area contributed by atoms with Crippen molar-refractivity contribution in [2.75, 3.05) is 11.4 Å². The van der Waals surface area contributed by atoms with Crippen LogP contribution in [0.3, 0.4) is 0 Å². The van der Waals surface area contributed by atoms with E-state index in [2.05, 4.69) is 4.99 Å². The molecule has 11 heteroatoms. The maximum Gasteiger partial charge on any atom is 0.440 e. The average Bonchev–Trinajstić information content (AvgIpc) is 2.94. The Balaban J connectivity index is 2.07. The van der Waals surface area contributed by atoms with E-state index in [4.69, 9.17) is 5.14 Å². The van der Waals surface area contributed by atoms with Crippen LogP contribution >= 0.6 is 0 Å². The van der Waals surface area contributed by atoms with Crippen LogP contribution in [0.25, 0.3) is 0 Å². The van der Waals surface area contributed by atoms with E-state index >= 15 is 0 Å². The molecule has 2 aromatic carbocycles. The Kier molecular flexibility index (Phi) is 4.49. The molecule has 1 heterocycles. The zero-order chi connectivity index (χ0) is 20.0. The highest BCUT2D eigenvalue weighted by Crippen LogP contribution is 2.38. The number of amidine groups is 1. The molecule has 3 rings (SSSR count). The molecular formula is C16H13F4N3O3S. The van der Waals surface area contributed by atoms with E-state index in [1.54, 1.807) is 0 Å². The van der Waals surface area contributed by atoms with Gasteiger partial charge in [-0.1, -0.05) is 0 Å². The summed E-state index contributed by atoms with van der Waals surface area (Å²) >= 11 is 0. The fourth-order valence-corrected chi connectivity index (χ4v) is 3.08. The predicted octanol–water partition coefficient (Wildman–Crippen LogP) is 1.99. The molecule has 0 amide bonds. The molecule has 1 aliphatic rings. The molecule has 3 N–H and O–H groups in total. The maximum absolute atomic E-state index is 13.3. The van der Waals surface area contributed by atoms with E-state index in [-0.39, 0.29) is 22.0 Å². The minimum absolute atomic E-state index is 0.144. The van der Waals surface area contributed by atoms with Crippen LogP contribution in [0.4, 0.5) is 23.2 Å². The molecule has 0 radical (unpaired) electrons. The normalized spacial score (nSPS) is 20.7. The van der Waals surface area contributed by atoms with Crippen LogP contribution in [0.5, 0.6) is 0 Å². The lowest BCUT2D eigenvalue weighted by Gasteiger charge is -2.25. The van der Waals surface area contributed by atoms with Gasteiger partial charge in [0.2, 0.25) is 10.0 Å². The summed E-state index contributed by atoms with van der Waals surface area (Å²) in [7, 11) is -3.98. The molecule has 2 aromatic rings. The van der Waals surface area contributed by atoms with Gasteiger partial charge in [-0.15, -0.1) is 0 Å². The van der Waals surface area contributed by atoms with Crippen molar-refractivity contribution in [1.82, 2.24) is 0 Å². The number of rotatable bonds is 3. The van der Waals surface area contributed by atoms with E-state index < -0.39 is 34.3 Å². The Morgan fingerprint density at radius 1 is 1.07 bits per heavy atom. The number of nitrogens with two attached hydrogens (primary N) is 1. The fraction of sp³-hybridized carbons (Fsp3) is 0.188. The van der Waals surface area contributed by atoms with Crippen molar-refractivity contribution in [3.63, 3.8) is 0 Å². The molecule has 0 spiro atoms. The summed E-state index contributed by atoms with van der Waals surface area (Å²) in [6, 6.07) is 9.26. The number of aliphatic imine (C=N–C) groups is 1. The number of β-amino-alcohol motifs (C(OH)–C–C–N with tert-alkyl or cyclic N) is 1. The Morgan fingerprint density at radius 2 is 1.63 bits per heavy atom. The Morgan fingerprint density at radius 3 is 2.11 bits per heavy atom. The van der Waals surface area contributed by atoms with Gasteiger partial charge in [-0.25, -0.2) is 22.9 Å². The Hall–Kier alpha value is -2.50. The third-order valence-corrected chi connectivity index (χ3v) is 4.89. The van der Waals surface area contributed by atoms with Gasteiger partial charge >= 0.3 is 6.18 Å². The van der Waals surface area contributed by atoms with Gasteiger partial charge in [0.1, 0.15) is 11.7 Å². The molecule has 0 bridgehead atoms. The lowest BCUT2D eigenvalue weighted by Crippen LogP contribution is -2.47. The molecule has 1 atom stereocenters.